The second-order valence-electron chi connectivity index (χ2n) is 4.88. The van der Waals surface area contributed by atoms with Gasteiger partial charge in [-0.05, 0) is 43.2 Å². The maximum Gasteiger partial charge on any atom is 0.158 e. The molecule has 108 valence electrons. The van der Waals surface area contributed by atoms with E-state index in [0.717, 1.165) is 30.2 Å². The van der Waals surface area contributed by atoms with Crippen LogP contribution in [0.1, 0.15) is 31.9 Å². The van der Waals surface area contributed by atoms with E-state index >= 15 is 0 Å². The van der Waals surface area contributed by atoms with Gasteiger partial charge in [0, 0.05) is 10.6 Å². The number of furan rings is 1. The minimum absolute atomic E-state index is 0.616. The average Bonchev–Trinajstić information content (AvgIpc) is 2.87. The minimum atomic E-state index is 0.616. The molecular formula is C16H20Cl2NO+. The van der Waals surface area contributed by atoms with Crippen molar-refractivity contribution in [2.24, 2.45) is 0 Å². The molecule has 2 nitrogen and oxygen atoms in total. The number of hydrogen-bond donors (Lipinski definition) is 1. The zero-order valence-electron chi connectivity index (χ0n) is 11.7. The third kappa shape index (κ3) is 4.27. The van der Waals surface area contributed by atoms with Gasteiger partial charge in [-0.2, -0.15) is 0 Å². The van der Waals surface area contributed by atoms with Gasteiger partial charge in [-0.25, -0.2) is 0 Å². The normalized spacial score (nSPS) is 10.9. The number of rotatable bonds is 7. The van der Waals surface area contributed by atoms with Crippen LogP contribution in [0.2, 0.25) is 10.0 Å². The predicted octanol–water partition coefficient (Wildman–Crippen LogP) is 4.51. The zero-order chi connectivity index (χ0) is 14.4. The zero-order valence-corrected chi connectivity index (χ0v) is 13.2. The molecule has 4 heteroatoms. The molecule has 0 bridgehead atoms. The van der Waals surface area contributed by atoms with Gasteiger partial charge in [0.05, 0.1) is 11.6 Å². The second-order valence-corrected chi connectivity index (χ2v) is 5.72. The quantitative estimate of drug-likeness (QED) is 0.749. The molecule has 2 rings (SSSR count). The van der Waals surface area contributed by atoms with Crippen LogP contribution < -0.4 is 5.32 Å². The molecular weight excluding hydrogens is 293 g/mol. The number of unbranched alkanes of at least 4 members (excludes halogenated alkanes) is 2. The molecule has 0 radical (unpaired) electrons. The van der Waals surface area contributed by atoms with E-state index in [4.69, 9.17) is 27.6 Å². The minimum Gasteiger partial charge on any atom is -0.455 e. The van der Waals surface area contributed by atoms with Crippen LogP contribution in [0.25, 0.3) is 11.3 Å². The SMILES string of the molecule is CCCCC[NH2+]Cc1ccc(-c2ccc(Cl)cc2Cl)o1. The lowest BCUT2D eigenvalue weighted by atomic mass is 10.2. The highest BCUT2D eigenvalue weighted by Crippen LogP contribution is 2.31. The van der Waals surface area contributed by atoms with Crippen molar-refractivity contribution in [2.45, 2.75) is 32.7 Å². The van der Waals surface area contributed by atoms with E-state index in [-0.39, 0.29) is 0 Å². The summed E-state index contributed by atoms with van der Waals surface area (Å²) in [4.78, 5) is 0. The van der Waals surface area contributed by atoms with Crippen LogP contribution >= 0.6 is 23.2 Å². The van der Waals surface area contributed by atoms with Gasteiger partial charge in [-0.3, -0.25) is 0 Å². The van der Waals surface area contributed by atoms with Crippen molar-refractivity contribution in [3.8, 4) is 11.3 Å². The monoisotopic (exact) mass is 312 g/mol. The van der Waals surface area contributed by atoms with Gasteiger partial charge in [-0.1, -0.05) is 36.5 Å². The number of benzene rings is 1. The van der Waals surface area contributed by atoms with Gasteiger partial charge in [0.1, 0.15) is 12.3 Å². The van der Waals surface area contributed by atoms with Crippen molar-refractivity contribution in [1.29, 1.82) is 0 Å². The van der Waals surface area contributed by atoms with Gasteiger partial charge in [0.2, 0.25) is 0 Å². The van der Waals surface area contributed by atoms with Crippen LogP contribution in [0.3, 0.4) is 0 Å². The first kappa shape index (κ1) is 15.4. The Hall–Kier alpha value is -0.960. The summed E-state index contributed by atoms with van der Waals surface area (Å²) in [6.45, 7) is 4.23. The third-order valence-corrected chi connectivity index (χ3v) is 3.76. The van der Waals surface area contributed by atoms with Crippen LogP contribution in [0.15, 0.2) is 34.7 Å². The van der Waals surface area contributed by atoms with Crippen LogP contribution in [-0.2, 0) is 6.54 Å². The number of nitrogens with two attached hydrogens (primary N) is 1. The first-order chi connectivity index (χ1) is 9.70. The lowest BCUT2D eigenvalue weighted by Gasteiger charge is -2.01. The summed E-state index contributed by atoms with van der Waals surface area (Å²) in [5, 5.41) is 3.53. The third-order valence-electron chi connectivity index (χ3n) is 3.22. The van der Waals surface area contributed by atoms with Crippen molar-refractivity contribution >= 4 is 23.2 Å². The Balaban J connectivity index is 1.95. The largest absolute Gasteiger partial charge is 0.455 e. The first-order valence-corrected chi connectivity index (χ1v) is 7.82. The van der Waals surface area contributed by atoms with E-state index in [1.165, 1.54) is 19.3 Å². The predicted molar refractivity (Wildman–Crippen MR) is 84.2 cm³/mol. The standard InChI is InChI=1S/C16H19Cl2NO/c1-2-3-4-9-19-11-13-6-8-16(20-13)14-7-5-12(17)10-15(14)18/h5-8,10,19H,2-4,9,11H2,1H3/p+1. The topological polar surface area (TPSA) is 29.8 Å². The first-order valence-electron chi connectivity index (χ1n) is 7.06. The molecule has 0 unspecified atom stereocenters. The molecule has 0 aliphatic carbocycles. The molecule has 0 aliphatic heterocycles. The van der Waals surface area contributed by atoms with E-state index in [0.29, 0.717) is 10.0 Å². The summed E-state index contributed by atoms with van der Waals surface area (Å²) in [5.41, 5.74) is 0.883. The number of quaternary nitrogens is 1. The summed E-state index contributed by atoms with van der Waals surface area (Å²) in [7, 11) is 0. The molecule has 1 heterocycles. The lowest BCUT2D eigenvalue weighted by Crippen LogP contribution is -2.82. The smallest absolute Gasteiger partial charge is 0.158 e. The molecule has 0 fully saturated rings. The van der Waals surface area contributed by atoms with Gasteiger partial charge in [0.15, 0.2) is 5.76 Å². The summed E-state index contributed by atoms with van der Waals surface area (Å²) in [6.07, 6.45) is 3.81. The molecule has 0 amide bonds. The summed E-state index contributed by atoms with van der Waals surface area (Å²) >= 11 is 12.1. The van der Waals surface area contributed by atoms with E-state index in [1.54, 1.807) is 6.07 Å². The van der Waals surface area contributed by atoms with Crippen LogP contribution in [-0.4, -0.2) is 6.54 Å². The average molecular weight is 313 g/mol. The lowest BCUT2D eigenvalue weighted by molar-refractivity contribution is -0.672. The van der Waals surface area contributed by atoms with Crippen LogP contribution in [0.4, 0.5) is 0 Å². The van der Waals surface area contributed by atoms with Gasteiger partial charge in [-0.15, -0.1) is 0 Å². The Bertz CT molecular complexity index is 551. The summed E-state index contributed by atoms with van der Waals surface area (Å²) in [6, 6.07) is 9.42. The molecule has 2 N–H and O–H groups in total. The van der Waals surface area contributed by atoms with Gasteiger partial charge < -0.3 is 9.73 Å². The fourth-order valence-electron chi connectivity index (χ4n) is 2.10. The molecule has 0 saturated heterocycles. The van der Waals surface area contributed by atoms with Gasteiger partial charge in [0.25, 0.3) is 0 Å². The highest BCUT2D eigenvalue weighted by atomic mass is 35.5. The van der Waals surface area contributed by atoms with E-state index in [2.05, 4.69) is 12.2 Å². The Labute approximate surface area is 130 Å². The van der Waals surface area contributed by atoms with Crippen molar-refractivity contribution < 1.29 is 9.73 Å². The Morgan fingerprint density at radius 1 is 1.10 bits per heavy atom. The van der Waals surface area contributed by atoms with E-state index in [1.807, 2.05) is 24.3 Å². The Morgan fingerprint density at radius 3 is 2.70 bits per heavy atom. The van der Waals surface area contributed by atoms with Crippen molar-refractivity contribution in [1.82, 2.24) is 0 Å². The van der Waals surface area contributed by atoms with Crippen molar-refractivity contribution in [2.75, 3.05) is 6.54 Å². The van der Waals surface area contributed by atoms with E-state index in [9.17, 15) is 0 Å². The van der Waals surface area contributed by atoms with Crippen LogP contribution in [0.5, 0.6) is 0 Å². The van der Waals surface area contributed by atoms with Crippen molar-refractivity contribution in [3.63, 3.8) is 0 Å². The molecule has 1 aromatic carbocycles. The van der Waals surface area contributed by atoms with E-state index < -0.39 is 0 Å². The molecule has 1 aromatic heterocycles. The molecule has 20 heavy (non-hydrogen) atoms. The van der Waals surface area contributed by atoms with Gasteiger partial charge >= 0.3 is 0 Å². The summed E-state index contributed by atoms with van der Waals surface area (Å²) in [5.74, 6) is 1.77. The molecule has 0 saturated carbocycles. The van der Waals surface area contributed by atoms with Crippen molar-refractivity contribution in [3.05, 3.63) is 46.1 Å². The fourth-order valence-corrected chi connectivity index (χ4v) is 2.61. The molecule has 0 aliphatic rings. The Kier molecular flexibility index (Phi) is 5.96. The molecule has 0 spiro atoms. The summed E-state index contributed by atoms with van der Waals surface area (Å²) < 4.78 is 5.84. The highest BCUT2D eigenvalue weighted by Gasteiger charge is 2.09. The molecule has 0 atom stereocenters. The fraction of sp³-hybridized carbons (Fsp3) is 0.375. The molecule has 2 aromatic rings. The van der Waals surface area contributed by atoms with Crippen LogP contribution in [0, 0.1) is 0 Å². The maximum atomic E-state index is 6.18. The number of halogens is 2. The Morgan fingerprint density at radius 2 is 1.95 bits per heavy atom. The maximum absolute atomic E-state index is 6.18. The number of hydrogen-bond acceptors (Lipinski definition) is 1. The highest BCUT2D eigenvalue weighted by molar-refractivity contribution is 6.36. The second kappa shape index (κ2) is 7.72.